The van der Waals surface area contributed by atoms with Gasteiger partial charge in [-0.25, -0.2) is 0 Å². The normalized spacial score (nSPS) is 23.3. The Bertz CT molecular complexity index is 177. The van der Waals surface area contributed by atoms with Crippen LogP contribution in [0, 0.1) is 5.92 Å². The largest absolute Gasteiger partial charge is 0.494 e. The summed E-state index contributed by atoms with van der Waals surface area (Å²) in [6.45, 7) is 6.53. The highest BCUT2D eigenvalue weighted by atomic mass is 16.5. The summed E-state index contributed by atoms with van der Waals surface area (Å²) in [5, 5.41) is 0. The zero-order chi connectivity index (χ0) is 8.27. The van der Waals surface area contributed by atoms with Crippen molar-refractivity contribution < 1.29 is 4.74 Å². The second-order valence-electron chi connectivity index (χ2n) is 3.52. The summed E-state index contributed by atoms with van der Waals surface area (Å²) >= 11 is 0. The standard InChI is InChI=1S/C10H16O/c1-8(2)6-10-7-9(3)4-5-11-10/h4-5,7-8,10H,6H2,1-3H3. The summed E-state index contributed by atoms with van der Waals surface area (Å²) < 4.78 is 5.40. The second-order valence-corrected chi connectivity index (χ2v) is 3.52. The highest BCUT2D eigenvalue weighted by Crippen LogP contribution is 2.15. The van der Waals surface area contributed by atoms with Crippen LogP contribution in [0.5, 0.6) is 0 Å². The van der Waals surface area contributed by atoms with Crippen molar-refractivity contribution in [2.24, 2.45) is 5.92 Å². The van der Waals surface area contributed by atoms with Gasteiger partial charge in [-0.15, -0.1) is 0 Å². The lowest BCUT2D eigenvalue weighted by Crippen LogP contribution is -2.12. The molecule has 0 N–H and O–H groups in total. The lowest BCUT2D eigenvalue weighted by molar-refractivity contribution is 0.159. The van der Waals surface area contributed by atoms with E-state index in [1.54, 1.807) is 6.26 Å². The molecule has 1 aliphatic heterocycles. The van der Waals surface area contributed by atoms with Gasteiger partial charge in [0.2, 0.25) is 0 Å². The summed E-state index contributed by atoms with van der Waals surface area (Å²) in [7, 11) is 0. The highest BCUT2D eigenvalue weighted by molar-refractivity contribution is 5.19. The molecular weight excluding hydrogens is 136 g/mol. The van der Waals surface area contributed by atoms with Crippen LogP contribution in [0.25, 0.3) is 0 Å². The van der Waals surface area contributed by atoms with Crippen molar-refractivity contribution in [3.05, 3.63) is 24.0 Å². The van der Waals surface area contributed by atoms with E-state index >= 15 is 0 Å². The average Bonchev–Trinajstić information content (AvgIpc) is 1.85. The summed E-state index contributed by atoms with van der Waals surface area (Å²) in [6.07, 6.45) is 7.39. The molecule has 62 valence electrons. The van der Waals surface area contributed by atoms with Crippen molar-refractivity contribution in [2.75, 3.05) is 0 Å². The molecule has 0 radical (unpaired) electrons. The van der Waals surface area contributed by atoms with E-state index in [4.69, 9.17) is 4.74 Å². The average molecular weight is 152 g/mol. The van der Waals surface area contributed by atoms with Crippen molar-refractivity contribution in [2.45, 2.75) is 33.3 Å². The van der Waals surface area contributed by atoms with Gasteiger partial charge in [0.15, 0.2) is 0 Å². The molecule has 0 saturated carbocycles. The van der Waals surface area contributed by atoms with Crippen molar-refractivity contribution in [3.63, 3.8) is 0 Å². The molecule has 0 spiro atoms. The summed E-state index contributed by atoms with van der Waals surface area (Å²) in [4.78, 5) is 0. The van der Waals surface area contributed by atoms with Crippen molar-refractivity contribution in [3.8, 4) is 0 Å². The SMILES string of the molecule is CC1=CC(CC(C)C)OC=C1. The van der Waals surface area contributed by atoms with Gasteiger partial charge in [0, 0.05) is 0 Å². The molecule has 0 aromatic rings. The zero-order valence-electron chi connectivity index (χ0n) is 7.50. The first kappa shape index (κ1) is 8.38. The van der Waals surface area contributed by atoms with Crippen molar-refractivity contribution in [1.29, 1.82) is 0 Å². The summed E-state index contributed by atoms with van der Waals surface area (Å²) in [5.74, 6) is 0.704. The van der Waals surface area contributed by atoms with Crippen molar-refractivity contribution >= 4 is 0 Å². The molecule has 1 heteroatoms. The maximum absolute atomic E-state index is 5.40. The van der Waals surface area contributed by atoms with Gasteiger partial charge in [-0.2, -0.15) is 0 Å². The fourth-order valence-electron chi connectivity index (χ4n) is 1.22. The van der Waals surface area contributed by atoms with Gasteiger partial charge >= 0.3 is 0 Å². The van der Waals surface area contributed by atoms with E-state index in [-0.39, 0.29) is 0 Å². The predicted molar refractivity (Wildman–Crippen MR) is 47.2 cm³/mol. The Kier molecular flexibility index (Phi) is 2.75. The third kappa shape index (κ3) is 2.79. The van der Waals surface area contributed by atoms with E-state index in [1.807, 2.05) is 6.08 Å². The molecule has 0 aromatic heterocycles. The maximum atomic E-state index is 5.40. The number of allylic oxidation sites excluding steroid dienone is 2. The first-order valence-electron chi connectivity index (χ1n) is 4.19. The van der Waals surface area contributed by atoms with Gasteiger partial charge in [-0.1, -0.05) is 13.8 Å². The monoisotopic (exact) mass is 152 g/mol. The van der Waals surface area contributed by atoms with E-state index in [1.165, 1.54) is 5.57 Å². The Morgan fingerprint density at radius 3 is 2.82 bits per heavy atom. The third-order valence-corrected chi connectivity index (χ3v) is 1.74. The van der Waals surface area contributed by atoms with Crippen LogP contribution in [0.15, 0.2) is 24.0 Å². The molecule has 0 aliphatic carbocycles. The molecular formula is C10H16O. The van der Waals surface area contributed by atoms with Crippen molar-refractivity contribution in [1.82, 2.24) is 0 Å². The van der Waals surface area contributed by atoms with Gasteiger partial charge in [-0.05, 0) is 37.0 Å². The second kappa shape index (κ2) is 3.61. The molecule has 1 nitrogen and oxygen atoms in total. The van der Waals surface area contributed by atoms with E-state index in [9.17, 15) is 0 Å². The molecule has 1 rings (SSSR count). The first-order chi connectivity index (χ1) is 5.18. The number of hydrogen-bond acceptors (Lipinski definition) is 1. The molecule has 1 aliphatic rings. The van der Waals surface area contributed by atoms with E-state index in [0.717, 1.165) is 6.42 Å². The van der Waals surface area contributed by atoms with E-state index in [0.29, 0.717) is 12.0 Å². The van der Waals surface area contributed by atoms with Gasteiger partial charge in [0.1, 0.15) is 6.10 Å². The molecule has 11 heavy (non-hydrogen) atoms. The first-order valence-corrected chi connectivity index (χ1v) is 4.19. The maximum Gasteiger partial charge on any atom is 0.117 e. The molecule has 0 aromatic carbocycles. The van der Waals surface area contributed by atoms with Crippen LogP contribution in [-0.2, 0) is 4.74 Å². The van der Waals surface area contributed by atoms with E-state index < -0.39 is 0 Å². The van der Waals surface area contributed by atoms with Crippen LogP contribution in [0.4, 0.5) is 0 Å². The predicted octanol–water partition coefficient (Wildman–Crippen LogP) is 2.89. The summed E-state index contributed by atoms with van der Waals surface area (Å²) in [6, 6.07) is 0. The lowest BCUT2D eigenvalue weighted by atomic mass is 10.0. The third-order valence-electron chi connectivity index (χ3n) is 1.74. The Balaban J connectivity index is 2.44. The summed E-state index contributed by atoms with van der Waals surface area (Å²) in [5.41, 5.74) is 1.31. The minimum Gasteiger partial charge on any atom is -0.494 e. The van der Waals surface area contributed by atoms with Gasteiger partial charge in [0.25, 0.3) is 0 Å². The molecule has 0 saturated heterocycles. The van der Waals surface area contributed by atoms with Crippen LogP contribution in [0.1, 0.15) is 27.2 Å². The molecule has 0 bridgehead atoms. The molecule has 0 fully saturated rings. The quantitative estimate of drug-likeness (QED) is 0.591. The fourth-order valence-corrected chi connectivity index (χ4v) is 1.22. The van der Waals surface area contributed by atoms with Crippen LogP contribution in [0.2, 0.25) is 0 Å². The van der Waals surface area contributed by atoms with Gasteiger partial charge in [-0.3, -0.25) is 0 Å². The van der Waals surface area contributed by atoms with Crippen LogP contribution in [0.3, 0.4) is 0 Å². The smallest absolute Gasteiger partial charge is 0.117 e. The Morgan fingerprint density at radius 1 is 1.55 bits per heavy atom. The topological polar surface area (TPSA) is 9.23 Å². The molecule has 1 heterocycles. The number of hydrogen-bond donors (Lipinski definition) is 0. The molecule has 1 atom stereocenters. The molecule has 0 amide bonds. The van der Waals surface area contributed by atoms with Crippen LogP contribution < -0.4 is 0 Å². The van der Waals surface area contributed by atoms with Gasteiger partial charge in [0.05, 0.1) is 6.26 Å². The Morgan fingerprint density at radius 2 is 2.27 bits per heavy atom. The minimum atomic E-state index is 0.306. The van der Waals surface area contributed by atoms with Crippen LogP contribution >= 0.6 is 0 Å². The van der Waals surface area contributed by atoms with Crippen LogP contribution in [-0.4, -0.2) is 6.10 Å². The fraction of sp³-hybridized carbons (Fsp3) is 0.600. The highest BCUT2D eigenvalue weighted by Gasteiger charge is 2.09. The van der Waals surface area contributed by atoms with Gasteiger partial charge < -0.3 is 4.74 Å². The molecule has 1 unspecified atom stereocenters. The Labute approximate surface area is 68.8 Å². The number of rotatable bonds is 2. The van der Waals surface area contributed by atoms with E-state index in [2.05, 4.69) is 26.8 Å². The zero-order valence-corrected chi connectivity index (χ0v) is 7.50. The lowest BCUT2D eigenvalue weighted by Gasteiger charge is -2.18. The number of ether oxygens (including phenoxy) is 1. The Hall–Kier alpha value is -0.720. The minimum absolute atomic E-state index is 0.306.